The summed E-state index contributed by atoms with van der Waals surface area (Å²) in [6.07, 6.45) is 19.4. The van der Waals surface area contributed by atoms with Gasteiger partial charge >= 0.3 is 0 Å². The maximum absolute atomic E-state index is 7.22. The van der Waals surface area contributed by atoms with E-state index >= 15 is 0 Å². The van der Waals surface area contributed by atoms with Gasteiger partial charge in [0.1, 0.15) is 0 Å². The first-order chi connectivity index (χ1) is 14.2. The number of hydrogen-bond acceptors (Lipinski definition) is 2. The van der Waals surface area contributed by atoms with E-state index in [-0.39, 0.29) is 0 Å². The van der Waals surface area contributed by atoms with Crippen LogP contribution in [0.4, 0.5) is 0 Å². The van der Waals surface area contributed by atoms with Gasteiger partial charge in [-0.3, -0.25) is 0 Å². The van der Waals surface area contributed by atoms with Gasteiger partial charge in [0.05, 0.1) is 12.7 Å². The molecule has 3 saturated carbocycles. The molecule has 3 aliphatic carbocycles. The topological polar surface area (TPSA) is 12.5 Å². The lowest BCUT2D eigenvalue weighted by atomic mass is 9.71. The van der Waals surface area contributed by atoms with Crippen molar-refractivity contribution in [1.29, 1.82) is 0 Å². The smallest absolute Gasteiger partial charge is 0.0597 e. The lowest BCUT2D eigenvalue weighted by Gasteiger charge is -2.37. The highest BCUT2D eigenvalue weighted by molar-refractivity contribution is 6.30. The second kappa shape index (κ2) is 12.7. The fourth-order valence-corrected chi connectivity index (χ4v) is 6.68. The molecular weight excluding hydrogens is 378 g/mol. The highest BCUT2D eigenvalue weighted by Crippen LogP contribution is 2.46. The van der Waals surface area contributed by atoms with Gasteiger partial charge in [0.25, 0.3) is 0 Å². The molecule has 0 amide bonds. The predicted molar refractivity (Wildman–Crippen MR) is 126 cm³/mol. The van der Waals surface area contributed by atoms with Crippen molar-refractivity contribution in [2.45, 2.75) is 110 Å². The zero-order valence-corrected chi connectivity index (χ0v) is 20.0. The Hall–Kier alpha value is -0.0500. The van der Waals surface area contributed by atoms with E-state index in [1.807, 2.05) is 0 Å². The van der Waals surface area contributed by atoms with E-state index in [9.17, 15) is 0 Å². The molecule has 29 heavy (non-hydrogen) atoms. The van der Waals surface area contributed by atoms with Crippen LogP contribution in [-0.4, -0.2) is 37.2 Å². The summed E-state index contributed by atoms with van der Waals surface area (Å²) in [5.74, 6) is 2.18. The molecule has 0 radical (unpaired) electrons. The third-order valence-corrected chi connectivity index (χ3v) is 8.58. The predicted octanol–water partition coefficient (Wildman–Crippen LogP) is 7.56. The van der Waals surface area contributed by atoms with Gasteiger partial charge in [0, 0.05) is 11.6 Å². The number of rotatable bonds is 9. The van der Waals surface area contributed by atoms with Crippen LogP contribution < -0.4 is 0 Å². The van der Waals surface area contributed by atoms with Crippen molar-refractivity contribution in [3.63, 3.8) is 0 Å². The summed E-state index contributed by atoms with van der Waals surface area (Å²) < 4.78 is 6.28. The Morgan fingerprint density at radius 2 is 1.24 bits per heavy atom. The maximum atomic E-state index is 7.22. The van der Waals surface area contributed by atoms with Crippen LogP contribution in [0.2, 0.25) is 0 Å². The minimum Gasteiger partial charge on any atom is -0.377 e. The number of allylic oxidation sites excluding steroid dienone is 2. The highest BCUT2D eigenvalue weighted by atomic mass is 35.5. The van der Waals surface area contributed by atoms with Crippen molar-refractivity contribution < 1.29 is 4.74 Å². The first-order valence-electron chi connectivity index (χ1n) is 13.0. The zero-order valence-electron chi connectivity index (χ0n) is 19.3. The Labute approximate surface area is 185 Å². The number of hydrogen-bond donors (Lipinski definition) is 0. The van der Waals surface area contributed by atoms with Crippen molar-refractivity contribution >= 4 is 11.6 Å². The molecule has 0 N–H and O–H groups in total. The molecule has 168 valence electrons. The van der Waals surface area contributed by atoms with Gasteiger partial charge in [-0.05, 0) is 87.8 Å². The van der Waals surface area contributed by atoms with Crippen LogP contribution in [0.3, 0.4) is 0 Å². The molecule has 0 aromatic rings. The van der Waals surface area contributed by atoms with Gasteiger partial charge in [0.2, 0.25) is 0 Å². The SMILES string of the molecule is CCN(CC)CCOC1CCC(/C(=C(\Cl)C2CCCCC2)C2CCCCC2)CC1. The fourth-order valence-electron chi connectivity index (χ4n) is 6.16. The first kappa shape index (κ1) is 23.6. The minimum atomic E-state index is 0.475. The van der Waals surface area contributed by atoms with Gasteiger partial charge in [-0.25, -0.2) is 0 Å². The van der Waals surface area contributed by atoms with E-state index in [1.165, 1.54) is 94.9 Å². The zero-order chi connectivity index (χ0) is 20.5. The summed E-state index contributed by atoms with van der Waals surface area (Å²) in [5.41, 5.74) is 1.72. The summed E-state index contributed by atoms with van der Waals surface area (Å²) >= 11 is 7.22. The van der Waals surface area contributed by atoms with Gasteiger partial charge in [0.15, 0.2) is 0 Å². The van der Waals surface area contributed by atoms with Crippen LogP contribution in [0.25, 0.3) is 0 Å². The van der Waals surface area contributed by atoms with Crippen molar-refractivity contribution in [3.05, 3.63) is 10.6 Å². The second-order valence-corrected chi connectivity index (χ2v) is 10.3. The Morgan fingerprint density at radius 1 is 0.724 bits per heavy atom. The molecule has 0 spiro atoms. The molecule has 0 saturated heterocycles. The number of likely N-dealkylation sites (N-methyl/N-ethyl adjacent to an activating group) is 1. The standard InChI is InChI=1S/C26H46ClNO/c1-3-28(4-2)19-20-29-24-17-15-22(16-18-24)25(21-11-7-5-8-12-21)26(27)23-13-9-6-10-14-23/h21-24H,3-20H2,1-2H3/b26-25-. The Morgan fingerprint density at radius 3 is 1.79 bits per heavy atom. The second-order valence-electron chi connectivity index (χ2n) is 9.84. The molecule has 2 nitrogen and oxygen atoms in total. The Kier molecular flexibility index (Phi) is 10.4. The first-order valence-corrected chi connectivity index (χ1v) is 13.3. The average molecular weight is 424 g/mol. The van der Waals surface area contributed by atoms with Crippen LogP contribution in [0.5, 0.6) is 0 Å². The molecule has 3 aliphatic rings. The van der Waals surface area contributed by atoms with Gasteiger partial charge in [-0.15, -0.1) is 0 Å². The summed E-state index contributed by atoms with van der Waals surface area (Å²) in [6.45, 7) is 8.70. The van der Waals surface area contributed by atoms with Crippen LogP contribution in [-0.2, 0) is 4.74 Å². The molecule has 3 heteroatoms. The highest BCUT2D eigenvalue weighted by Gasteiger charge is 2.33. The van der Waals surface area contributed by atoms with E-state index < -0.39 is 0 Å². The van der Waals surface area contributed by atoms with Crippen molar-refractivity contribution in [1.82, 2.24) is 4.90 Å². The van der Waals surface area contributed by atoms with E-state index in [2.05, 4.69) is 18.7 Å². The molecule has 0 unspecified atom stereocenters. The van der Waals surface area contributed by atoms with E-state index in [0.717, 1.165) is 38.1 Å². The van der Waals surface area contributed by atoms with Gasteiger partial charge < -0.3 is 9.64 Å². The molecule has 3 rings (SSSR count). The van der Waals surface area contributed by atoms with Gasteiger partial charge in [-0.2, -0.15) is 0 Å². The molecular formula is C26H46ClNO. The van der Waals surface area contributed by atoms with E-state index in [4.69, 9.17) is 16.3 Å². The van der Waals surface area contributed by atoms with E-state index in [0.29, 0.717) is 12.0 Å². The minimum absolute atomic E-state index is 0.475. The van der Waals surface area contributed by atoms with Crippen LogP contribution in [0, 0.1) is 17.8 Å². The summed E-state index contributed by atoms with van der Waals surface area (Å²) in [5, 5.41) is 1.32. The van der Waals surface area contributed by atoms with E-state index in [1.54, 1.807) is 5.57 Å². The molecule has 0 atom stereocenters. The Balaban J connectivity index is 1.57. The molecule has 0 aromatic heterocycles. The summed E-state index contributed by atoms with van der Waals surface area (Å²) in [6, 6.07) is 0. The molecule has 3 fully saturated rings. The third kappa shape index (κ3) is 6.97. The van der Waals surface area contributed by atoms with Crippen molar-refractivity contribution in [2.75, 3.05) is 26.2 Å². The lowest BCUT2D eigenvalue weighted by molar-refractivity contribution is 0.0101. The molecule has 0 bridgehead atoms. The van der Waals surface area contributed by atoms with Crippen LogP contribution in [0.15, 0.2) is 10.6 Å². The molecule has 0 aliphatic heterocycles. The van der Waals surface area contributed by atoms with Crippen molar-refractivity contribution in [2.24, 2.45) is 17.8 Å². The number of nitrogens with zero attached hydrogens (tertiary/aromatic N) is 1. The quantitative estimate of drug-likeness (QED) is 0.379. The summed E-state index contributed by atoms with van der Waals surface area (Å²) in [7, 11) is 0. The molecule has 0 aromatic carbocycles. The van der Waals surface area contributed by atoms with Crippen molar-refractivity contribution in [3.8, 4) is 0 Å². The monoisotopic (exact) mass is 423 g/mol. The van der Waals surface area contributed by atoms with Gasteiger partial charge in [-0.1, -0.05) is 64.0 Å². The maximum Gasteiger partial charge on any atom is 0.0597 e. The fraction of sp³-hybridized carbons (Fsp3) is 0.923. The average Bonchev–Trinajstić information content (AvgIpc) is 2.79. The molecule has 0 heterocycles. The third-order valence-electron chi connectivity index (χ3n) is 8.05. The van der Waals surface area contributed by atoms with Crippen LogP contribution >= 0.6 is 11.6 Å². The summed E-state index contributed by atoms with van der Waals surface area (Å²) in [4.78, 5) is 2.46. The number of halogens is 1. The normalized spacial score (nSPS) is 28.6. The van der Waals surface area contributed by atoms with Crippen LogP contribution in [0.1, 0.15) is 104 Å². The lowest BCUT2D eigenvalue weighted by Crippen LogP contribution is -2.31. The Bertz CT molecular complexity index is 481. The largest absolute Gasteiger partial charge is 0.377 e. The number of ether oxygens (including phenoxy) is 1.